The van der Waals surface area contributed by atoms with Gasteiger partial charge in [-0.2, -0.15) is 0 Å². The molecule has 0 saturated carbocycles. The summed E-state index contributed by atoms with van der Waals surface area (Å²) in [4.78, 5) is 0. The van der Waals surface area contributed by atoms with E-state index in [0.717, 1.165) is 24.2 Å². The number of hydrogen-bond donors (Lipinski definition) is 2. The second kappa shape index (κ2) is 6.43. The summed E-state index contributed by atoms with van der Waals surface area (Å²) in [6.45, 7) is 3.21. The van der Waals surface area contributed by atoms with Crippen molar-refractivity contribution in [2.24, 2.45) is 0 Å². The number of nitrogens with one attached hydrogen (secondary N) is 1. The topological polar surface area (TPSA) is 41.5 Å². The van der Waals surface area contributed by atoms with E-state index in [4.69, 9.17) is 9.84 Å². The van der Waals surface area contributed by atoms with Crippen molar-refractivity contribution in [1.29, 1.82) is 0 Å². The SMILES string of the molecule is COCc1cccc(NCCC(C)O)c1. The molecule has 0 aromatic heterocycles. The van der Waals surface area contributed by atoms with Gasteiger partial charge in [0, 0.05) is 19.3 Å². The van der Waals surface area contributed by atoms with Gasteiger partial charge in [0.1, 0.15) is 0 Å². The highest BCUT2D eigenvalue weighted by atomic mass is 16.5. The minimum absolute atomic E-state index is 0.250. The Bertz CT molecular complexity index is 287. The molecule has 84 valence electrons. The fraction of sp³-hybridized carbons (Fsp3) is 0.500. The van der Waals surface area contributed by atoms with Crippen molar-refractivity contribution in [3.8, 4) is 0 Å². The van der Waals surface area contributed by atoms with Gasteiger partial charge in [-0.3, -0.25) is 0 Å². The van der Waals surface area contributed by atoms with E-state index in [9.17, 15) is 0 Å². The molecule has 15 heavy (non-hydrogen) atoms. The Morgan fingerprint density at radius 1 is 1.47 bits per heavy atom. The second-order valence-corrected chi connectivity index (χ2v) is 3.70. The molecule has 1 atom stereocenters. The molecule has 0 spiro atoms. The predicted octanol–water partition coefficient (Wildman–Crippen LogP) is 2.02. The number of hydrogen-bond acceptors (Lipinski definition) is 3. The van der Waals surface area contributed by atoms with Gasteiger partial charge in [0.2, 0.25) is 0 Å². The van der Waals surface area contributed by atoms with Crippen LogP contribution in [-0.4, -0.2) is 24.9 Å². The quantitative estimate of drug-likeness (QED) is 0.753. The minimum Gasteiger partial charge on any atom is -0.393 e. The molecule has 0 aliphatic rings. The molecule has 3 nitrogen and oxygen atoms in total. The molecule has 0 heterocycles. The molecule has 1 unspecified atom stereocenters. The summed E-state index contributed by atoms with van der Waals surface area (Å²) < 4.78 is 5.06. The molecular formula is C12H19NO2. The van der Waals surface area contributed by atoms with Crippen molar-refractivity contribution in [3.05, 3.63) is 29.8 Å². The second-order valence-electron chi connectivity index (χ2n) is 3.70. The first-order valence-corrected chi connectivity index (χ1v) is 5.22. The maximum atomic E-state index is 9.11. The molecule has 2 N–H and O–H groups in total. The molecule has 0 saturated heterocycles. The van der Waals surface area contributed by atoms with E-state index in [1.54, 1.807) is 14.0 Å². The van der Waals surface area contributed by atoms with E-state index >= 15 is 0 Å². The standard InChI is InChI=1S/C12H19NO2/c1-10(14)6-7-13-12-5-3-4-11(8-12)9-15-2/h3-5,8,10,13-14H,6-7,9H2,1-2H3. The van der Waals surface area contributed by atoms with Gasteiger partial charge in [0.25, 0.3) is 0 Å². The third-order valence-electron chi connectivity index (χ3n) is 2.13. The van der Waals surface area contributed by atoms with Crippen molar-refractivity contribution in [3.63, 3.8) is 0 Å². The lowest BCUT2D eigenvalue weighted by Crippen LogP contribution is -2.09. The Hall–Kier alpha value is -1.06. The summed E-state index contributed by atoms with van der Waals surface area (Å²) in [6.07, 6.45) is 0.508. The van der Waals surface area contributed by atoms with Crippen LogP contribution in [-0.2, 0) is 11.3 Å². The van der Waals surface area contributed by atoms with Crippen molar-refractivity contribution >= 4 is 5.69 Å². The van der Waals surface area contributed by atoms with Crippen molar-refractivity contribution < 1.29 is 9.84 Å². The first kappa shape index (κ1) is 12.0. The van der Waals surface area contributed by atoms with Gasteiger partial charge >= 0.3 is 0 Å². The largest absolute Gasteiger partial charge is 0.393 e. The van der Waals surface area contributed by atoms with Gasteiger partial charge in [-0.15, -0.1) is 0 Å². The molecule has 0 radical (unpaired) electrons. The van der Waals surface area contributed by atoms with Crippen LogP contribution in [0, 0.1) is 0 Å². The van der Waals surface area contributed by atoms with Crippen molar-refractivity contribution in [1.82, 2.24) is 0 Å². The van der Waals surface area contributed by atoms with E-state index in [-0.39, 0.29) is 6.10 Å². The highest BCUT2D eigenvalue weighted by Crippen LogP contribution is 2.11. The Kier molecular flexibility index (Phi) is 5.15. The lowest BCUT2D eigenvalue weighted by atomic mass is 10.2. The molecule has 3 heteroatoms. The van der Waals surface area contributed by atoms with Crippen LogP contribution < -0.4 is 5.32 Å². The van der Waals surface area contributed by atoms with Crippen LogP contribution in [0.3, 0.4) is 0 Å². The number of methoxy groups -OCH3 is 1. The number of aliphatic hydroxyl groups excluding tert-OH is 1. The van der Waals surface area contributed by atoms with E-state index < -0.39 is 0 Å². The third kappa shape index (κ3) is 4.81. The van der Waals surface area contributed by atoms with Crippen LogP contribution in [0.15, 0.2) is 24.3 Å². The Morgan fingerprint density at radius 3 is 2.93 bits per heavy atom. The lowest BCUT2D eigenvalue weighted by Gasteiger charge is -2.09. The molecule has 1 aromatic rings. The van der Waals surface area contributed by atoms with Crippen molar-refractivity contribution in [2.75, 3.05) is 19.0 Å². The zero-order valence-electron chi connectivity index (χ0n) is 9.36. The summed E-state index contributed by atoms with van der Waals surface area (Å²) in [5, 5.41) is 12.4. The van der Waals surface area contributed by atoms with Gasteiger partial charge in [-0.05, 0) is 31.0 Å². The average Bonchev–Trinajstić information content (AvgIpc) is 2.18. The summed E-state index contributed by atoms with van der Waals surface area (Å²) in [5.74, 6) is 0. The van der Waals surface area contributed by atoms with Crippen LogP contribution in [0.1, 0.15) is 18.9 Å². The minimum atomic E-state index is -0.250. The van der Waals surface area contributed by atoms with E-state index in [0.29, 0.717) is 6.61 Å². The maximum Gasteiger partial charge on any atom is 0.0713 e. The van der Waals surface area contributed by atoms with Crippen LogP contribution >= 0.6 is 0 Å². The number of aliphatic hydroxyl groups is 1. The first-order chi connectivity index (χ1) is 7.22. The first-order valence-electron chi connectivity index (χ1n) is 5.22. The number of anilines is 1. The van der Waals surface area contributed by atoms with Gasteiger partial charge in [-0.25, -0.2) is 0 Å². The average molecular weight is 209 g/mol. The van der Waals surface area contributed by atoms with Crippen LogP contribution in [0.25, 0.3) is 0 Å². The van der Waals surface area contributed by atoms with Gasteiger partial charge in [0.15, 0.2) is 0 Å². The van der Waals surface area contributed by atoms with Gasteiger partial charge in [-0.1, -0.05) is 12.1 Å². The highest BCUT2D eigenvalue weighted by molar-refractivity contribution is 5.45. The van der Waals surface area contributed by atoms with Gasteiger partial charge in [0.05, 0.1) is 12.7 Å². The predicted molar refractivity (Wildman–Crippen MR) is 61.9 cm³/mol. The van der Waals surface area contributed by atoms with Crippen LogP contribution in [0.5, 0.6) is 0 Å². The van der Waals surface area contributed by atoms with Crippen molar-refractivity contribution in [2.45, 2.75) is 26.1 Å². The smallest absolute Gasteiger partial charge is 0.0713 e. The zero-order valence-corrected chi connectivity index (χ0v) is 9.36. The molecule has 0 aliphatic carbocycles. The normalized spacial score (nSPS) is 12.5. The van der Waals surface area contributed by atoms with Crippen LogP contribution in [0.2, 0.25) is 0 Å². The summed E-state index contributed by atoms with van der Waals surface area (Å²) in [6, 6.07) is 8.11. The highest BCUT2D eigenvalue weighted by Gasteiger charge is 1.97. The van der Waals surface area contributed by atoms with E-state index in [2.05, 4.69) is 11.4 Å². The molecule has 0 amide bonds. The van der Waals surface area contributed by atoms with E-state index in [1.807, 2.05) is 18.2 Å². The summed E-state index contributed by atoms with van der Waals surface area (Å²) >= 11 is 0. The number of benzene rings is 1. The van der Waals surface area contributed by atoms with Gasteiger partial charge < -0.3 is 15.2 Å². The molecule has 0 fully saturated rings. The molecule has 1 rings (SSSR count). The monoisotopic (exact) mass is 209 g/mol. The molecular weight excluding hydrogens is 190 g/mol. The lowest BCUT2D eigenvalue weighted by molar-refractivity contribution is 0.185. The molecule has 0 bridgehead atoms. The molecule has 1 aromatic carbocycles. The zero-order chi connectivity index (χ0) is 11.1. The molecule has 0 aliphatic heterocycles. The Morgan fingerprint density at radius 2 is 2.27 bits per heavy atom. The fourth-order valence-electron chi connectivity index (χ4n) is 1.36. The summed E-state index contributed by atoms with van der Waals surface area (Å²) in [5.41, 5.74) is 2.23. The number of rotatable bonds is 6. The van der Waals surface area contributed by atoms with Crippen LogP contribution in [0.4, 0.5) is 5.69 Å². The Balaban J connectivity index is 2.43. The van der Waals surface area contributed by atoms with E-state index in [1.165, 1.54) is 0 Å². The summed E-state index contributed by atoms with van der Waals surface area (Å²) in [7, 11) is 1.69. The fourth-order valence-corrected chi connectivity index (χ4v) is 1.36. The third-order valence-corrected chi connectivity index (χ3v) is 2.13. The Labute approximate surface area is 91.1 Å². The number of ether oxygens (including phenoxy) is 1. The maximum absolute atomic E-state index is 9.11.